The molecule has 100 valence electrons. The van der Waals surface area contributed by atoms with E-state index in [0.29, 0.717) is 11.8 Å². The summed E-state index contributed by atoms with van der Waals surface area (Å²) in [6, 6.07) is 8.03. The van der Waals surface area contributed by atoms with Gasteiger partial charge in [0.25, 0.3) is 0 Å². The number of halogens is 2. The zero-order chi connectivity index (χ0) is 14.0. The molecule has 0 bridgehead atoms. The lowest BCUT2D eigenvalue weighted by Gasteiger charge is -2.06. The fourth-order valence-electron chi connectivity index (χ4n) is 1.51. The second-order valence-electron chi connectivity index (χ2n) is 3.75. The maximum atomic E-state index is 13.1. The number of anilines is 1. The van der Waals surface area contributed by atoms with E-state index in [2.05, 4.69) is 5.43 Å². The highest BCUT2D eigenvalue weighted by Crippen LogP contribution is 2.23. The number of hydrogen-bond acceptors (Lipinski definition) is 4. The van der Waals surface area contributed by atoms with Gasteiger partial charge in [-0.05, 0) is 42.5 Å². The predicted octanol–water partition coefficient (Wildman–Crippen LogP) is 2.08. The molecule has 0 spiro atoms. The van der Waals surface area contributed by atoms with Gasteiger partial charge in [-0.3, -0.25) is 5.84 Å². The van der Waals surface area contributed by atoms with Gasteiger partial charge in [0.1, 0.15) is 0 Å². The van der Waals surface area contributed by atoms with Crippen LogP contribution in [-0.4, -0.2) is 8.42 Å². The summed E-state index contributed by atoms with van der Waals surface area (Å²) in [5.74, 6) is 2.86. The molecule has 0 amide bonds. The van der Waals surface area contributed by atoms with E-state index in [9.17, 15) is 17.2 Å². The van der Waals surface area contributed by atoms with Crippen LogP contribution in [0.4, 0.5) is 14.5 Å². The summed E-state index contributed by atoms with van der Waals surface area (Å²) in [5.41, 5.74) is 2.89. The summed E-state index contributed by atoms with van der Waals surface area (Å²) in [4.78, 5) is -0.336. The van der Waals surface area contributed by atoms with Crippen molar-refractivity contribution in [2.24, 2.45) is 5.84 Å². The third kappa shape index (κ3) is 2.56. The number of hydrazine groups is 1. The maximum Gasteiger partial charge on any atom is 0.206 e. The summed E-state index contributed by atoms with van der Waals surface area (Å²) in [5, 5.41) is 0. The quantitative estimate of drug-likeness (QED) is 0.514. The number of hydrogen-bond donors (Lipinski definition) is 2. The van der Waals surface area contributed by atoms with Gasteiger partial charge >= 0.3 is 0 Å². The average molecular weight is 284 g/mol. The number of nitrogens with one attached hydrogen (secondary N) is 1. The normalized spacial score (nSPS) is 11.3. The molecule has 2 rings (SSSR count). The lowest BCUT2D eigenvalue weighted by molar-refractivity contribution is 0.504. The standard InChI is InChI=1S/C12H10F2N2O2S/c13-11-6-5-10(7-12(11)14)19(17,18)9-3-1-8(16-15)2-4-9/h1-7,16H,15H2. The highest BCUT2D eigenvalue weighted by atomic mass is 32.2. The van der Waals surface area contributed by atoms with Crippen molar-refractivity contribution in [3.63, 3.8) is 0 Å². The van der Waals surface area contributed by atoms with Crippen LogP contribution < -0.4 is 11.3 Å². The van der Waals surface area contributed by atoms with Crippen LogP contribution in [0, 0.1) is 11.6 Å². The highest BCUT2D eigenvalue weighted by molar-refractivity contribution is 7.91. The van der Waals surface area contributed by atoms with E-state index in [1.165, 1.54) is 24.3 Å². The Morgan fingerprint density at radius 1 is 0.895 bits per heavy atom. The van der Waals surface area contributed by atoms with Gasteiger partial charge in [0.05, 0.1) is 9.79 Å². The van der Waals surface area contributed by atoms with Crippen LogP contribution in [0.1, 0.15) is 0 Å². The summed E-state index contributed by atoms with van der Waals surface area (Å²) in [6.07, 6.45) is 0. The van der Waals surface area contributed by atoms with Crippen molar-refractivity contribution in [3.05, 3.63) is 54.1 Å². The van der Waals surface area contributed by atoms with Crippen molar-refractivity contribution in [2.75, 3.05) is 5.43 Å². The summed E-state index contributed by atoms with van der Waals surface area (Å²) >= 11 is 0. The van der Waals surface area contributed by atoms with Crippen LogP contribution in [0.2, 0.25) is 0 Å². The molecule has 0 aromatic heterocycles. The Kier molecular flexibility index (Phi) is 3.50. The number of nitrogen functional groups attached to an aromatic ring is 1. The first-order chi connectivity index (χ1) is 8.95. The molecule has 0 aliphatic carbocycles. The number of rotatable bonds is 3. The second-order valence-corrected chi connectivity index (χ2v) is 5.70. The molecular formula is C12H10F2N2O2S. The molecule has 0 radical (unpaired) electrons. The van der Waals surface area contributed by atoms with Crippen LogP contribution in [0.3, 0.4) is 0 Å². The van der Waals surface area contributed by atoms with Gasteiger partial charge in [-0.2, -0.15) is 0 Å². The smallest absolute Gasteiger partial charge is 0.206 e. The Morgan fingerprint density at radius 2 is 1.47 bits per heavy atom. The highest BCUT2D eigenvalue weighted by Gasteiger charge is 2.19. The van der Waals surface area contributed by atoms with Gasteiger partial charge in [0.15, 0.2) is 11.6 Å². The van der Waals surface area contributed by atoms with E-state index in [0.717, 1.165) is 12.1 Å². The third-order valence-electron chi connectivity index (χ3n) is 2.53. The van der Waals surface area contributed by atoms with E-state index in [4.69, 9.17) is 5.84 Å². The van der Waals surface area contributed by atoms with Crippen molar-refractivity contribution >= 4 is 15.5 Å². The topological polar surface area (TPSA) is 72.2 Å². The van der Waals surface area contributed by atoms with Gasteiger partial charge in [-0.15, -0.1) is 0 Å². The summed E-state index contributed by atoms with van der Waals surface area (Å²) in [6.45, 7) is 0. The average Bonchev–Trinajstić information content (AvgIpc) is 2.41. The molecule has 4 nitrogen and oxygen atoms in total. The Labute approximate surface area is 108 Å². The van der Waals surface area contributed by atoms with Crippen LogP contribution in [-0.2, 0) is 9.84 Å². The second kappa shape index (κ2) is 4.94. The number of sulfone groups is 1. The van der Waals surface area contributed by atoms with Crippen LogP contribution in [0.15, 0.2) is 52.3 Å². The van der Waals surface area contributed by atoms with Gasteiger partial charge in [-0.25, -0.2) is 17.2 Å². The van der Waals surface area contributed by atoms with E-state index in [1.54, 1.807) is 0 Å². The lowest BCUT2D eigenvalue weighted by atomic mass is 10.3. The largest absolute Gasteiger partial charge is 0.324 e. The van der Waals surface area contributed by atoms with Gasteiger partial charge < -0.3 is 5.43 Å². The Morgan fingerprint density at radius 3 is 2.00 bits per heavy atom. The van der Waals surface area contributed by atoms with Gasteiger partial charge in [-0.1, -0.05) is 0 Å². The minimum Gasteiger partial charge on any atom is -0.324 e. The van der Waals surface area contributed by atoms with E-state index in [1.807, 2.05) is 0 Å². The first-order valence-electron chi connectivity index (χ1n) is 5.22. The zero-order valence-corrected chi connectivity index (χ0v) is 10.4. The van der Waals surface area contributed by atoms with Crippen molar-refractivity contribution in [2.45, 2.75) is 9.79 Å². The zero-order valence-electron chi connectivity index (χ0n) is 9.60. The molecule has 7 heteroatoms. The predicted molar refractivity (Wildman–Crippen MR) is 66.1 cm³/mol. The molecule has 0 saturated heterocycles. The van der Waals surface area contributed by atoms with Crippen molar-refractivity contribution in [1.29, 1.82) is 0 Å². The molecule has 0 heterocycles. The van der Waals surface area contributed by atoms with Crippen molar-refractivity contribution < 1.29 is 17.2 Å². The Balaban J connectivity index is 2.48. The van der Waals surface area contributed by atoms with Gasteiger partial charge in [0, 0.05) is 5.69 Å². The van der Waals surface area contributed by atoms with E-state index >= 15 is 0 Å². The Bertz CT molecular complexity index is 700. The van der Waals surface area contributed by atoms with Gasteiger partial charge in [0.2, 0.25) is 9.84 Å². The lowest BCUT2D eigenvalue weighted by Crippen LogP contribution is -2.07. The summed E-state index contributed by atoms with van der Waals surface area (Å²) in [7, 11) is -3.88. The van der Waals surface area contributed by atoms with Crippen molar-refractivity contribution in [3.8, 4) is 0 Å². The monoisotopic (exact) mass is 284 g/mol. The van der Waals surface area contributed by atoms with E-state index < -0.39 is 21.5 Å². The molecule has 0 fully saturated rings. The molecule has 0 saturated carbocycles. The minimum atomic E-state index is -3.88. The molecule has 3 N–H and O–H groups in total. The minimum absolute atomic E-state index is 0.0301. The van der Waals surface area contributed by atoms with E-state index in [-0.39, 0.29) is 9.79 Å². The van der Waals surface area contributed by atoms with Crippen molar-refractivity contribution in [1.82, 2.24) is 0 Å². The number of nitrogens with two attached hydrogens (primary N) is 1. The third-order valence-corrected chi connectivity index (χ3v) is 4.30. The summed E-state index contributed by atoms with van der Waals surface area (Å²) < 4.78 is 50.2. The first-order valence-corrected chi connectivity index (χ1v) is 6.70. The maximum absolute atomic E-state index is 13.1. The molecule has 0 aliphatic heterocycles. The fourth-order valence-corrected chi connectivity index (χ4v) is 2.78. The first kappa shape index (κ1) is 13.4. The molecular weight excluding hydrogens is 274 g/mol. The van der Waals surface area contributed by atoms with Crippen LogP contribution in [0.5, 0.6) is 0 Å². The SMILES string of the molecule is NNc1ccc(S(=O)(=O)c2ccc(F)c(F)c2)cc1. The molecule has 0 unspecified atom stereocenters. The fraction of sp³-hybridized carbons (Fsp3) is 0. The molecule has 0 atom stereocenters. The van der Waals surface area contributed by atoms with Crippen LogP contribution >= 0.6 is 0 Å². The molecule has 0 aliphatic rings. The molecule has 19 heavy (non-hydrogen) atoms. The molecule has 2 aromatic carbocycles. The Hall–Kier alpha value is -1.99. The molecule has 2 aromatic rings. The number of benzene rings is 2. The van der Waals surface area contributed by atoms with Crippen LogP contribution in [0.25, 0.3) is 0 Å².